The lowest BCUT2D eigenvalue weighted by atomic mass is 9.97. The minimum Gasteiger partial charge on any atom is -0.508 e. The SMILES string of the molecule is CC(C)Cn1c(N(C)C(=O)OC(C)(C)C)c(-c2ccc(CN)cc2)c2cc(O)ccc2c1=O. The molecule has 1 amide bonds. The van der Waals surface area contributed by atoms with Gasteiger partial charge in [0.15, 0.2) is 0 Å². The number of carbonyl (C=O) groups excluding carboxylic acids is 1. The average Bonchev–Trinajstić information content (AvgIpc) is 2.73. The van der Waals surface area contributed by atoms with Crippen LogP contribution in [0.4, 0.5) is 10.6 Å². The number of phenolic OH excluding ortho intramolecular Hbond substituents is 1. The molecule has 3 rings (SSSR count). The van der Waals surface area contributed by atoms with Crippen molar-refractivity contribution in [2.24, 2.45) is 11.7 Å². The van der Waals surface area contributed by atoms with Gasteiger partial charge in [-0.1, -0.05) is 38.1 Å². The lowest BCUT2D eigenvalue weighted by Crippen LogP contribution is -2.38. The van der Waals surface area contributed by atoms with E-state index in [2.05, 4.69) is 0 Å². The molecule has 0 bridgehead atoms. The molecule has 1 heterocycles. The summed E-state index contributed by atoms with van der Waals surface area (Å²) >= 11 is 0. The number of ether oxygens (including phenoxy) is 1. The molecule has 0 aliphatic heterocycles. The highest BCUT2D eigenvalue weighted by Gasteiger charge is 2.28. The van der Waals surface area contributed by atoms with E-state index < -0.39 is 11.7 Å². The molecule has 2 aromatic carbocycles. The summed E-state index contributed by atoms with van der Waals surface area (Å²) in [6, 6.07) is 12.4. The highest BCUT2D eigenvalue weighted by molar-refractivity contribution is 6.05. The molecule has 3 N–H and O–H groups in total. The number of aromatic nitrogens is 1. The summed E-state index contributed by atoms with van der Waals surface area (Å²) < 4.78 is 7.25. The first-order valence-electron chi connectivity index (χ1n) is 11.1. The first-order valence-corrected chi connectivity index (χ1v) is 11.1. The highest BCUT2D eigenvalue weighted by atomic mass is 16.6. The molecule has 0 aliphatic carbocycles. The van der Waals surface area contributed by atoms with Crippen molar-refractivity contribution < 1.29 is 14.6 Å². The minimum atomic E-state index is -0.702. The van der Waals surface area contributed by atoms with Gasteiger partial charge in [-0.2, -0.15) is 0 Å². The zero-order chi connectivity index (χ0) is 24.5. The topological polar surface area (TPSA) is 97.8 Å². The molecular weight excluding hydrogens is 418 g/mol. The Hall–Kier alpha value is -3.32. The summed E-state index contributed by atoms with van der Waals surface area (Å²) in [7, 11) is 1.60. The molecule has 0 unspecified atom stereocenters. The van der Waals surface area contributed by atoms with Gasteiger partial charge < -0.3 is 15.6 Å². The lowest BCUT2D eigenvalue weighted by Gasteiger charge is -2.29. The fourth-order valence-corrected chi connectivity index (χ4v) is 3.81. The highest BCUT2D eigenvalue weighted by Crippen LogP contribution is 2.38. The Balaban J connectivity index is 2.43. The molecule has 0 saturated heterocycles. The van der Waals surface area contributed by atoms with Gasteiger partial charge in [0.25, 0.3) is 5.56 Å². The average molecular weight is 452 g/mol. The molecule has 0 spiro atoms. The number of pyridine rings is 1. The van der Waals surface area contributed by atoms with Gasteiger partial charge >= 0.3 is 6.09 Å². The van der Waals surface area contributed by atoms with Crippen molar-refractivity contribution >= 4 is 22.7 Å². The van der Waals surface area contributed by atoms with Crippen molar-refractivity contribution in [2.75, 3.05) is 11.9 Å². The summed E-state index contributed by atoms with van der Waals surface area (Å²) in [5, 5.41) is 11.3. The number of aromatic hydroxyl groups is 1. The van der Waals surface area contributed by atoms with Crippen LogP contribution in [0.5, 0.6) is 5.75 Å². The number of nitrogens with two attached hydrogens (primary N) is 1. The molecule has 0 fully saturated rings. The van der Waals surface area contributed by atoms with Crippen LogP contribution >= 0.6 is 0 Å². The Morgan fingerprint density at radius 2 is 1.76 bits per heavy atom. The maximum absolute atomic E-state index is 13.6. The van der Waals surface area contributed by atoms with E-state index >= 15 is 0 Å². The van der Waals surface area contributed by atoms with Crippen LogP contribution in [-0.4, -0.2) is 28.4 Å². The Morgan fingerprint density at radius 1 is 1.12 bits per heavy atom. The fourth-order valence-electron chi connectivity index (χ4n) is 3.81. The molecule has 3 aromatic rings. The number of hydrogen-bond acceptors (Lipinski definition) is 5. The van der Waals surface area contributed by atoms with Gasteiger partial charge in [-0.3, -0.25) is 14.3 Å². The van der Waals surface area contributed by atoms with Crippen LogP contribution in [0.2, 0.25) is 0 Å². The van der Waals surface area contributed by atoms with Crippen LogP contribution < -0.4 is 16.2 Å². The number of nitrogens with zero attached hydrogens (tertiary/aromatic N) is 2. The fraction of sp³-hybridized carbons (Fsp3) is 0.385. The van der Waals surface area contributed by atoms with Gasteiger partial charge in [0, 0.05) is 36.5 Å². The van der Waals surface area contributed by atoms with Gasteiger partial charge in [0.1, 0.15) is 17.2 Å². The largest absolute Gasteiger partial charge is 0.508 e. The quantitative estimate of drug-likeness (QED) is 0.577. The second-order valence-electron chi connectivity index (χ2n) is 9.68. The van der Waals surface area contributed by atoms with Crippen molar-refractivity contribution in [1.82, 2.24) is 4.57 Å². The molecule has 7 nitrogen and oxygen atoms in total. The van der Waals surface area contributed by atoms with Crippen molar-refractivity contribution in [3.8, 4) is 16.9 Å². The molecule has 1 aromatic heterocycles. The van der Waals surface area contributed by atoms with E-state index in [-0.39, 0.29) is 17.2 Å². The van der Waals surface area contributed by atoms with Crippen LogP contribution in [0, 0.1) is 5.92 Å². The molecule has 33 heavy (non-hydrogen) atoms. The van der Waals surface area contributed by atoms with E-state index in [1.165, 1.54) is 11.0 Å². The van der Waals surface area contributed by atoms with E-state index in [1.54, 1.807) is 44.5 Å². The maximum atomic E-state index is 13.6. The number of rotatable bonds is 5. The van der Waals surface area contributed by atoms with Crippen LogP contribution in [-0.2, 0) is 17.8 Å². The summed E-state index contributed by atoms with van der Waals surface area (Å²) in [5.74, 6) is 0.603. The number of amides is 1. The van der Waals surface area contributed by atoms with Crippen LogP contribution in [0.1, 0.15) is 40.2 Å². The van der Waals surface area contributed by atoms with Gasteiger partial charge in [-0.25, -0.2) is 4.79 Å². The Labute approximate surface area is 194 Å². The number of phenols is 1. The summed E-state index contributed by atoms with van der Waals surface area (Å²) in [6.07, 6.45) is -0.571. The standard InChI is InChI=1S/C26H33N3O4/c1-16(2)15-29-23(28(6)25(32)33-26(3,4)5)22(18-9-7-17(14-27)8-10-18)21-13-19(30)11-12-20(21)24(29)31/h7-13,16,30H,14-15,27H2,1-6H3. The zero-order valence-corrected chi connectivity index (χ0v) is 20.2. The van der Waals surface area contributed by atoms with Crippen LogP contribution in [0.15, 0.2) is 47.3 Å². The van der Waals surface area contributed by atoms with Crippen molar-refractivity contribution in [3.63, 3.8) is 0 Å². The van der Waals surface area contributed by atoms with Crippen LogP contribution in [0.25, 0.3) is 21.9 Å². The second-order valence-corrected chi connectivity index (χ2v) is 9.68. The summed E-state index contributed by atoms with van der Waals surface area (Å²) in [6.45, 7) is 10.2. The van der Waals surface area contributed by atoms with Gasteiger partial charge in [-0.15, -0.1) is 0 Å². The number of benzene rings is 2. The minimum absolute atomic E-state index is 0.0363. The van der Waals surface area contributed by atoms with Crippen molar-refractivity contribution in [3.05, 3.63) is 58.4 Å². The third-order valence-electron chi connectivity index (χ3n) is 5.24. The monoisotopic (exact) mass is 451 g/mol. The number of fused-ring (bicyclic) bond motifs is 1. The Morgan fingerprint density at radius 3 is 2.30 bits per heavy atom. The number of hydrogen-bond donors (Lipinski definition) is 2. The third kappa shape index (κ3) is 5.20. The number of carbonyl (C=O) groups is 1. The molecule has 0 saturated carbocycles. The molecule has 0 aliphatic rings. The van der Waals surface area contributed by atoms with E-state index in [1.807, 2.05) is 38.1 Å². The van der Waals surface area contributed by atoms with E-state index in [4.69, 9.17) is 10.5 Å². The lowest BCUT2D eigenvalue weighted by molar-refractivity contribution is 0.0587. The van der Waals surface area contributed by atoms with Gasteiger partial charge in [-0.05, 0) is 56.0 Å². The molecule has 176 valence electrons. The van der Waals surface area contributed by atoms with Crippen molar-refractivity contribution in [2.45, 2.75) is 53.3 Å². The predicted octanol–water partition coefficient (Wildman–Crippen LogP) is 4.86. The van der Waals surface area contributed by atoms with E-state index in [0.717, 1.165) is 11.1 Å². The first-order chi connectivity index (χ1) is 15.4. The van der Waals surface area contributed by atoms with Gasteiger partial charge in [0.2, 0.25) is 0 Å². The predicted molar refractivity (Wildman–Crippen MR) is 133 cm³/mol. The summed E-state index contributed by atoms with van der Waals surface area (Å²) in [5.41, 5.74) is 7.27. The molecule has 7 heteroatoms. The Kier molecular flexibility index (Phi) is 6.84. The normalized spacial score (nSPS) is 11.8. The van der Waals surface area contributed by atoms with E-state index in [0.29, 0.717) is 35.2 Å². The van der Waals surface area contributed by atoms with Crippen molar-refractivity contribution in [1.29, 1.82) is 0 Å². The smallest absolute Gasteiger partial charge is 0.415 e. The van der Waals surface area contributed by atoms with Gasteiger partial charge in [0.05, 0.1) is 0 Å². The Bertz CT molecular complexity index is 1220. The second kappa shape index (κ2) is 9.27. The molecule has 0 radical (unpaired) electrons. The van der Waals surface area contributed by atoms with Crippen LogP contribution in [0.3, 0.4) is 0 Å². The molecular formula is C26H33N3O4. The first kappa shape index (κ1) is 24.3. The third-order valence-corrected chi connectivity index (χ3v) is 5.24. The zero-order valence-electron chi connectivity index (χ0n) is 20.2. The summed E-state index contributed by atoms with van der Waals surface area (Å²) in [4.78, 5) is 28.1. The molecule has 0 atom stereocenters. The maximum Gasteiger partial charge on any atom is 0.415 e. The van der Waals surface area contributed by atoms with E-state index in [9.17, 15) is 14.7 Å². The number of anilines is 1.